The van der Waals surface area contributed by atoms with Crippen molar-refractivity contribution < 1.29 is 0 Å². The molecule has 0 aliphatic heterocycles. The zero-order valence-electron chi connectivity index (χ0n) is 10.0. The minimum atomic E-state index is -0.141. The molecule has 96 valence electrons. The summed E-state index contributed by atoms with van der Waals surface area (Å²) >= 11 is 1.57. The average Bonchev–Trinajstić information content (AvgIpc) is 2.61. The third kappa shape index (κ3) is 4.64. The molecule has 0 aliphatic rings. The molecule has 1 heterocycles. The average molecular weight is 257 g/mol. The van der Waals surface area contributed by atoms with Gasteiger partial charge in [0.15, 0.2) is 5.16 Å². The SMILES string of the molecule is CCCn1c(SCCCCC(=N)N)n[nH]c1=O. The van der Waals surface area contributed by atoms with Crippen molar-refractivity contribution in [2.75, 3.05) is 5.75 Å². The Hall–Kier alpha value is -1.24. The van der Waals surface area contributed by atoms with Crippen LogP contribution in [0.5, 0.6) is 0 Å². The number of hydrogen-bond donors (Lipinski definition) is 3. The maximum atomic E-state index is 11.4. The van der Waals surface area contributed by atoms with Gasteiger partial charge in [0.05, 0.1) is 5.84 Å². The van der Waals surface area contributed by atoms with E-state index in [-0.39, 0.29) is 11.5 Å². The van der Waals surface area contributed by atoms with Crippen molar-refractivity contribution in [2.24, 2.45) is 5.73 Å². The molecule has 1 aromatic rings. The summed E-state index contributed by atoms with van der Waals surface area (Å²) in [6.45, 7) is 2.73. The fourth-order valence-corrected chi connectivity index (χ4v) is 2.39. The van der Waals surface area contributed by atoms with Gasteiger partial charge in [0.25, 0.3) is 0 Å². The Morgan fingerprint density at radius 3 is 3.00 bits per heavy atom. The van der Waals surface area contributed by atoms with Gasteiger partial charge in [-0.05, 0) is 19.3 Å². The molecule has 0 radical (unpaired) electrons. The number of thioether (sulfide) groups is 1. The molecule has 7 heteroatoms. The predicted molar refractivity (Wildman–Crippen MR) is 69.6 cm³/mol. The van der Waals surface area contributed by atoms with Crippen LogP contribution in [0.1, 0.15) is 32.6 Å². The Labute approximate surface area is 104 Å². The van der Waals surface area contributed by atoms with Crippen LogP contribution in [0.3, 0.4) is 0 Å². The van der Waals surface area contributed by atoms with Gasteiger partial charge in [-0.25, -0.2) is 9.89 Å². The van der Waals surface area contributed by atoms with E-state index in [4.69, 9.17) is 11.1 Å². The second-order valence-electron chi connectivity index (χ2n) is 3.79. The van der Waals surface area contributed by atoms with E-state index >= 15 is 0 Å². The van der Waals surface area contributed by atoms with Crippen molar-refractivity contribution in [3.05, 3.63) is 10.5 Å². The van der Waals surface area contributed by atoms with Gasteiger partial charge in [-0.1, -0.05) is 18.7 Å². The molecule has 1 rings (SSSR count). The van der Waals surface area contributed by atoms with Crippen molar-refractivity contribution >= 4 is 17.6 Å². The summed E-state index contributed by atoms with van der Waals surface area (Å²) < 4.78 is 1.66. The van der Waals surface area contributed by atoms with E-state index in [0.717, 1.165) is 30.2 Å². The number of nitrogens with zero attached hydrogens (tertiary/aromatic N) is 2. The highest BCUT2D eigenvalue weighted by Gasteiger charge is 2.07. The lowest BCUT2D eigenvalue weighted by molar-refractivity contribution is 0.603. The third-order valence-electron chi connectivity index (χ3n) is 2.24. The molecule has 0 saturated carbocycles. The van der Waals surface area contributed by atoms with Gasteiger partial charge in [-0.2, -0.15) is 0 Å². The van der Waals surface area contributed by atoms with Gasteiger partial charge in [0.1, 0.15) is 0 Å². The fraction of sp³-hybridized carbons (Fsp3) is 0.700. The summed E-state index contributed by atoms with van der Waals surface area (Å²) in [5.41, 5.74) is 5.13. The molecule has 0 aromatic carbocycles. The molecule has 0 aliphatic carbocycles. The number of amidine groups is 1. The molecule has 1 aromatic heterocycles. The van der Waals surface area contributed by atoms with Gasteiger partial charge in [-0.3, -0.25) is 9.98 Å². The second kappa shape index (κ2) is 7.16. The van der Waals surface area contributed by atoms with Crippen LogP contribution in [0, 0.1) is 5.41 Å². The van der Waals surface area contributed by atoms with E-state index in [1.54, 1.807) is 16.3 Å². The second-order valence-corrected chi connectivity index (χ2v) is 4.86. The molecule has 0 bridgehead atoms. The molecule has 0 spiro atoms. The van der Waals surface area contributed by atoms with Crippen molar-refractivity contribution in [3.8, 4) is 0 Å². The number of rotatable bonds is 8. The van der Waals surface area contributed by atoms with Gasteiger partial charge < -0.3 is 5.73 Å². The number of nitrogens with one attached hydrogen (secondary N) is 2. The lowest BCUT2D eigenvalue weighted by Gasteiger charge is -2.03. The van der Waals surface area contributed by atoms with Crippen LogP contribution in [-0.2, 0) is 6.54 Å². The van der Waals surface area contributed by atoms with E-state index in [1.165, 1.54) is 0 Å². The normalized spacial score (nSPS) is 10.6. The maximum Gasteiger partial charge on any atom is 0.343 e. The number of aromatic nitrogens is 3. The quantitative estimate of drug-likeness (QED) is 0.282. The van der Waals surface area contributed by atoms with Crippen LogP contribution in [0.15, 0.2) is 9.95 Å². The number of unbranched alkanes of at least 4 members (excludes halogenated alkanes) is 1. The topological polar surface area (TPSA) is 101 Å². The van der Waals surface area contributed by atoms with Crippen molar-refractivity contribution in [1.29, 1.82) is 5.41 Å². The summed E-state index contributed by atoms with van der Waals surface area (Å²) in [4.78, 5) is 11.4. The highest BCUT2D eigenvalue weighted by atomic mass is 32.2. The van der Waals surface area contributed by atoms with Gasteiger partial charge >= 0.3 is 5.69 Å². The fourth-order valence-electron chi connectivity index (χ4n) is 1.42. The molecular formula is C10H19N5OS. The Balaban J connectivity index is 2.36. The lowest BCUT2D eigenvalue weighted by atomic mass is 10.2. The predicted octanol–water partition coefficient (Wildman–Crippen LogP) is 1.18. The number of hydrogen-bond acceptors (Lipinski definition) is 4. The Morgan fingerprint density at radius 1 is 1.59 bits per heavy atom. The summed E-state index contributed by atoms with van der Waals surface area (Å²) in [7, 11) is 0. The minimum absolute atomic E-state index is 0.141. The molecular weight excluding hydrogens is 238 g/mol. The first-order valence-electron chi connectivity index (χ1n) is 5.76. The lowest BCUT2D eigenvalue weighted by Crippen LogP contribution is -2.17. The van der Waals surface area contributed by atoms with E-state index in [1.807, 2.05) is 6.92 Å². The zero-order chi connectivity index (χ0) is 12.7. The summed E-state index contributed by atoms with van der Waals surface area (Å²) in [6, 6.07) is 0. The first-order chi connectivity index (χ1) is 8.15. The highest BCUT2D eigenvalue weighted by molar-refractivity contribution is 7.99. The molecule has 17 heavy (non-hydrogen) atoms. The maximum absolute atomic E-state index is 11.4. The van der Waals surface area contributed by atoms with Crippen molar-refractivity contribution in [1.82, 2.24) is 14.8 Å². The van der Waals surface area contributed by atoms with E-state index in [0.29, 0.717) is 13.0 Å². The first-order valence-corrected chi connectivity index (χ1v) is 6.74. The molecule has 0 saturated heterocycles. The summed E-state index contributed by atoms with van der Waals surface area (Å²) in [6.07, 6.45) is 3.43. The largest absolute Gasteiger partial charge is 0.388 e. The third-order valence-corrected chi connectivity index (χ3v) is 3.30. The number of nitrogens with two attached hydrogens (primary N) is 1. The summed E-state index contributed by atoms with van der Waals surface area (Å²) in [5, 5.41) is 14.3. The van der Waals surface area contributed by atoms with Crippen molar-refractivity contribution in [3.63, 3.8) is 0 Å². The van der Waals surface area contributed by atoms with Crippen LogP contribution in [0.4, 0.5) is 0 Å². The van der Waals surface area contributed by atoms with Crippen LogP contribution in [-0.4, -0.2) is 26.4 Å². The van der Waals surface area contributed by atoms with Crippen molar-refractivity contribution in [2.45, 2.75) is 44.3 Å². The smallest absolute Gasteiger partial charge is 0.343 e. The molecule has 0 fully saturated rings. The minimum Gasteiger partial charge on any atom is -0.388 e. The Morgan fingerprint density at radius 2 is 2.35 bits per heavy atom. The van der Waals surface area contributed by atoms with Gasteiger partial charge in [-0.15, -0.1) is 5.10 Å². The van der Waals surface area contributed by atoms with Crippen LogP contribution >= 0.6 is 11.8 Å². The molecule has 6 nitrogen and oxygen atoms in total. The number of H-pyrrole nitrogens is 1. The molecule has 0 amide bonds. The Bertz CT molecular complexity index is 411. The first kappa shape index (κ1) is 13.8. The standard InChI is InChI=1S/C10H19N5OS/c1-2-6-15-9(16)13-14-10(15)17-7-4-3-5-8(11)12/h2-7H2,1H3,(H3,11,12)(H,13,16). The monoisotopic (exact) mass is 257 g/mol. The molecule has 0 unspecified atom stereocenters. The van der Waals surface area contributed by atoms with Crippen LogP contribution in [0.25, 0.3) is 0 Å². The highest BCUT2D eigenvalue weighted by Crippen LogP contribution is 2.15. The van der Waals surface area contributed by atoms with Gasteiger partial charge in [0.2, 0.25) is 0 Å². The molecule has 4 N–H and O–H groups in total. The van der Waals surface area contributed by atoms with E-state index < -0.39 is 0 Å². The van der Waals surface area contributed by atoms with E-state index in [9.17, 15) is 4.79 Å². The Kier molecular flexibility index (Phi) is 5.82. The summed E-state index contributed by atoms with van der Waals surface area (Å²) in [5.74, 6) is 1.12. The van der Waals surface area contributed by atoms with E-state index in [2.05, 4.69) is 10.2 Å². The van der Waals surface area contributed by atoms with Crippen LogP contribution in [0.2, 0.25) is 0 Å². The number of aromatic amines is 1. The van der Waals surface area contributed by atoms with Crippen LogP contribution < -0.4 is 11.4 Å². The zero-order valence-corrected chi connectivity index (χ0v) is 10.8. The van der Waals surface area contributed by atoms with Gasteiger partial charge in [0, 0.05) is 18.7 Å². The molecule has 0 atom stereocenters.